The van der Waals surface area contributed by atoms with Gasteiger partial charge < -0.3 is 26.3 Å². The van der Waals surface area contributed by atoms with E-state index in [2.05, 4.69) is 31.0 Å². The molecule has 0 bridgehead atoms. The zero-order chi connectivity index (χ0) is 30.9. The average molecular weight is 636 g/mol. The molecule has 5 rings (SSSR count). The number of oxime groups is 1. The van der Waals surface area contributed by atoms with Crippen molar-refractivity contribution in [3.63, 3.8) is 0 Å². The van der Waals surface area contributed by atoms with Crippen molar-refractivity contribution in [1.82, 2.24) is 34.9 Å². The summed E-state index contributed by atoms with van der Waals surface area (Å²) in [5, 5.41) is 28.5. The fourth-order valence-electron chi connectivity index (χ4n) is 4.30. The van der Waals surface area contributed by atoms with Gasteiger partial charge in [0.15, 0.2) is 23.2 Å². The Balaban J connectivity index is 1.29. The number of nitrogens with two attached hydrogens (primary N) is 1. The van der Waals surface area contributed by atoms with Gasteiger partial charge in [0.1, 0.15) is 24.8 Å². The number of rotatable bonds is 13. The maximum absolute atomic E-state index is 13.2. The van der Waals surface area contributed by atoms with Crippen LogP contribution >= 0.6 is 11.3 Å². The Morgan fingerprint density at radius 2 is 2.12 bits per heavy atom. The van der Waals surface area contributed by atoms with Crippen LogP contribution in [-0.2, 0) is 56.2 Å². The Hall–Kier alpha value is -4.53. The van der Waals surface area contributed by atoms with Crippen LogP contribution in [0.15, 0.2) is 41.3 Å². The third kappa shape index (κ3) is 6.61. The lowest BCUT2D eigenvalue weighted by Gasteiger charge is -2.43. The molecular weight excluding hydrogens is 608 g/mol. The number of hydrogen-bond acceptors (Lipinski definition) is 13. The number of carboxylic acid groups (broad SMARTS) is 1. The summed E-state index contributed by atoms with van der Waals surface area (Å²) < 4.78 is 35.7. The minimum absolute atomic E-state index is 0.0497. The van der Waals surface area contributed by atoms with Crippen molar-refractivity contribution in [2.24, 2.45) is 12.2 Å². The Bertz CT molecular complexity index is 1700. The first-order valence-electron chi connectivity index (χ1n) is 12.7. The molecule has 2 aliphatic rings. The molecule has 3 aromatic rings. The van der Waals surface area contributed by atoms with E-state index in [1.165, 1.54) is 11.6 Å². The van der Waals surface area contributed by atoms with E-state index in [1.54, 1.807) is 0 Å². The van der Waals surface area contributed by atoms with E-state index >= 15 is 0 Å². The third-order valence-electron chi connectivity index (χ3n) is 6.66. The highest BCUT2D eigenvalue weighted by atomic mass is 32.2. The van der Waals surface area contributed by atoms with Gasteiger partial charge in [0.25, 0.3) is 11.8 Å². The van der Waals surface area contributed by atoms with Crippen molar-refractivity contribution in [3.05, 3.63) is 53.1 Å². The van der Waals surface area contributed by atoms with Crippen LogP contribution in [0, 0.1) is 0 Å². The SMILES string of the molecule is C[n+]1cccc(CNCc2cnn(C[C@@H]3[C@H](NC(=O)/C(=N\OC4(C(=O)O)CC4)c4csc(N)n4)C(=O)N3S(=O)(=O)O)n2)c1. The van der Waals surface area contributed by atoms with Crippen LogP contribution in [0.5, 0.6) is 0 Å². The van der Waals surface area contributed by atoms with Gasteiger partial charge in [-0.05, 0) is 6.07 Å². The number of anilines is 1. The predicted octanol–water partition coefficient (Wildman–Crippen LogP) is -2.03. The Morgan fingerprint density at radius 1 is 1.35 bits per heavy atom. The number of carbonyl (C=O) groups excluding carboxylic acids is 2. The molecule has 3 aromatic heterocycles. The molecule has 18 nitrogen and oxygen atoms in total. The summed E-state index contributed by atoms with van der Waals surface area (Å²) in [7, 11) is -3.09. The lowest BCUT2D eigenvalue weighted by molar-refractivity contribution is -0.671. The highest BCUT2D eigenvalue weighted by molar-refractivity contribution is 7.84. The fourth-order valence-corrected chi connectivity index (χ4v) is 5.72. The van der Waals surface area contributed by atoms with Gasteiger partial charge in [0.2, 0.25) is 5.60 Å². The molecule has 4 heterocycles. The minimum atomic E-state index is -4.99. The molecule has 1 saturated heterocycles. The molecule has 228 valence electrons. The maximum Gasteiger partial charge on any atom is 0.362 e. The van der Waals surface area contributed by atoms with Gasteiger partial charge in [-0.2, -0.15) is 23.4 Å². The summed E-state index contributed by atoms with van der Waals surface area (Å²) in [4.78, 5) is 47.8. The number of aryl methyl sites for hydroxylation is 1. The molecule has 0 spiro atoms. The second-order valence-electron chi connectivity index (χ2n) is 9.90. The number of thiazole rings is 1. The van der Waals surface area contributed by atoms with Crippen LogP contribution in [0.1, 0.15) is 29.8 Å². The summed E-state index contributed by atoms with van der Waals surface area (Å²) in [6.45, 7) is 0.577. The van der Waals surface area contributed by atoms with Crippen molar-refractivity contribution in [2.75, 3.05) is 5.73 Å². The summed E-state index contributed by atoms with van der Waals surface area (Å²) in [6, 6.07) is 1.12. The highest BCUT2D eigenvalue weighted by Crippen LogP contribution is 2.40. The van der Waals surface area contributed by atoms with Crippen LogP contribution in [0.25, 0.3) is 0 Å². The number of aromatic nitrogens is 5. The van der Waals surface area contributed by atoms with E-state index in [0.29, 0.717) is 18.8 Å². The number of carboxylic acids is 1. The lowest BCUT2D eigenvalue weighted by Crippen LogP contribution is -2.73. The number of carbonyl (C=O) groups is 3. The molecule has 0 aromatic carbocycles. The number of nitrogen functional groups attached to an aromatic ring is 1. The van der Waals surface area contributed by atoms with Crippen LogP contribution in [-0.4, -0.2) is 83.5 Å². The summed E-state index contributed by atoms with van der Waals surface area (Å²) in [5.41, 5.74) is 5.12. The van der Waals surface area contributed by atoms with Crippen LogP contribution < -0.4 is 20.9 Å². The van der Waals surface area contributed by atoms with E-state index in [9.17, 15) is 32.5 Å². The summed E-state index contributed by atoms with van der Waals surface area (Å²) in [5.74, 6) is -3.40. The largest absolute Gasteiger partial charge is 0.478 e. The topological polar surface area (TPSA) is 248 Å². The van der Waals surface area contributed by atoms with Gasteiger partial charge in [0.05, 0.1) is 18.4 Å². The number of nitrogens with zero attached hydrogens (tertiary/aromatic N) is 7. The Kier molecular flexibility index (Phi) is 8.10. The second kappa shape index (κ2) is 11.6. The van der Waals surface area contributed by atoms with Crippen molar-refractivity contribution < 1.29 is 41.9 Å². The van der Waals surface area contributed by atoms with Crippen molar-refractivity contribution >= 4 is 50.3 Å². The number of pyridine rings is 1. The lowest BCUT2D eigenvalue weighted by atomic mass is 9.98. The molecule has 1 aliphatic carbocycles. The van der Waals surface area contributed by atoms with Gasteiger partial charge in [0, 0.05) is 42.9 Å². The van der Waals surface area contributed by atoms with Crippen molar-refractivity contribution in [2.45, 2.75) is 50.2 Å². The molecule has 1 saturated carbocycles. The Labute approximate surface area is 248 Å². The number of hydrogen-bond donors (Lipinski definition) is 5. The van der Waals surface area contributed by atoms with Gasteiger partial charge in [-0.1, -0.05) is 5.16 Å². The monoisotopic (exact) mass is 635 g/mol. The van der Waals surface area contributed by atoms with Gasteiger partial charge >= 0.3 is 16.3 Å². The molecule has 20 heteroatoms. The van der Waals surface area contributed by atoms with Gasteiger partial charge in [-0.3, -0.25) is 14.1 Å². The molecular formula is C23H27N10O8S2+. The molecule has 2 fully saturated rings. The van der Waals surface area contributed by atoms with E-state index in [0.717, 1.165) is 21.7 Å². The number of nitrogens with one attached hydrogen (secondary N) is 2. The zero-order valence-electron chi connectivity index (χ0n) is 22.5. The van der Waals surface area contributed by atoms with E-state index in [-0.39, 0.29) is 34.5 Å². The maximum atomic E-state index is 13.2. The van der Waals surface area contributed by atoms with Crippen molar-refractivity contribution in [3.8, 4) is 0 Å². The number of amides is 2. The molecule has 43 heavy (non-hydrogen) atoms. The Morgan fingerprint density at radius 3 is 2.74 bits per heavy atom. The first kappa shape index (κ1) is 29.9. The number of aliphatic carboxylic acids is 1. The van der Waals surface area contributed by atoms with Crippen molar-refractivity contribution in [1.29, 1.82) is 0 Å². The molecule has 2 amide bonds. The predicted molar refractivity (Wildman–Crippen MR) is 146 cm³/mol. The molecule has 0 radical (unpaired) electrons. The molecule has 0 unspecified atom stereocenters. The fraction of sp³-hybridized carbons (Fsp3) is 0.391. The molecule has 2 atom stereocenters. The smallest absolute Gasteiger partial charge is 0.362 e. The van der Waals surface area contributed by atoms with Crippen LogP contribution in [0.4, 0.5) is 5.13 Å². The summed E-state index contributed by atoms with van der Waals surface area (Å²) >= 11 is 0.978. The second-order valence-corrected chi connectivity index (χ2v) is 12.1. The summed E-state index contributed by atoms with van der Waals surface area (Å²) in [6.07, 6.45) is 5.66. The zero-order valence-corrected chi connectivity index (χ0v) is 24.2. The molecule has 6 N–H and O–H groups in total. The number of β-lactam (4-membered cyclic amide) rings is 1. The van der Waals surface area contributed by atoms with Crippen LogP contribution in [0.2, 0.25) is 0 Å². The van der Waals surface area contributed by atoms with E-state index in [1.807, 2.05) is 36.1 Å². The standard InChI is InChI=1S/C23H26N10O8S2/c1-31-6-2-3-13(10-31)7-25-8-14-9-26-32(29-14)11-16-18(20(35)33(16)43(38,39)40)28-19(34)17(15-12-42-22(24)27-15)30-41-23(4-5-23)21(36)37/h2-3,6,9-10,12,16,18,25H,4-5,7-8,11H2,1H3,(H4-,24,27,28,34,36,37,38,39,40)/p+1/b30-17-/t16-,18+/m1/s1. The average Bonchev–Trinajstić information content (AvgIpc) is 3.40. The van der Waals surface area contributed by atoms with Gasteiger partial charge in [-0.15, -0.1) is 11.3 Å². The van der Waals surface area contributed by atoms with Gasteiger partial charge in [-0.25, -0.2) is 18.7 Å². The first-order valence-corrected chi connectivity index (χ1v) is 15.0. The third-order valence-corrected chi connectivity index (χ3v) is 8.28. The normalized spacial score (nSPS) is 19.5. The van der Waals surface area contributed by atoms with E-state index < -0.39 is 51.5 Å². The van der Waals surface area contributed by atoms with E-state index in [4.69, 9.17) is 10.6 Å². The quantitative estimate of drug-likeness (QED) is 0.0447. The van der Waals surface area contributed by atoms with Crippen LogP contribution in [0.3, 0.4) is 0 Å². The highest BCUT2D eigenvalue weighted by Gasteiger charge is 2.56. The molecule has 1 aliphatic heterocycles. The minimum Gasteiger partial charge on any atom is -0.478 e. The first-order chi connectivity index (χ1) is 20.4.